The number of carbonyl (C=O) groups excluding carboxylic acids is 1. The first-order valence-corrected chi connectivity index (χ1v) is 9.99. The van der Waals surface area contributed by atoms with Gasteiger partial charge in [-0.2, -0.15) is 0 Å². The number of ether oxygens (including phenoxy) is 1. The highest BCUT2D eigenvalue weighted by atomic mass is 32.2. The maximum Gasteiger partial charge on any atom is 0.261 e. The SMILES string of the molecule is COc1ccc(S(=O)(=O)Nc2cccc(C(=O)N(C)c3ccccc3)c2)cc1. The Morgan fingerprint density at radius 3 is 2.25 bits per heavy atom. The molecule has 144 valence electrons. The van der Waals surface area contributed by atoms with Gasteiger partial charge in [-0.15, -0.1) is 0 Å². The molecule has 0 aliphatic heterocycles. The number of sulfonamides is 1. The van der Waals surface area contributed by atoms with E-state index in [1.165, 1.54) is 30.2 Å². The monoisotopic (exact) mass is 396 g/mol. The number of anilines is 2. The molecule has 0 fully saturated rings. The molecule has 0 atom stereocenters. The minimum Gasteiger partial charge on any atom is -0.497 e. The van der Waals surface area contributed by atoms with E-state index in [-0.39, 0.29) is 10.8 Å². The van der Waals surface area contributed by atoms with E-state index in [0.29, 0.717) is 17.0 Å². The lowest BCUT2D eigenvalue weighted by Gasteiger charge is -2.18. The molecule has 1 N–H and O–H groups in total. The second kappa shape index (κ2) is 8.14. The number of hydrogen-bond donors (Lipinski definition) is 1. The molecule has 3 rings (SSSR count). The third-order valence-corrected chi connectivity index (χ3v) is 5.58. The molecule has 28 heavy (non-hydrogen) atoms. The van der Waals surface area contributed by atoms with E-state index < -0.39 is 10.0 Å². The van der Waals surface area contributed by atoms with Gasteiger partial charge in [0.2, 0.25) is 0 Å². The minimum atomic E-state index is -3.78. The van der Waals surface area contributed by atoms with Crippen LogP contribution in [0.5, 0.6) is 5.75 Å². The van der Waals surface area contributed by atoms with Crippen LogP contribution in [0.25, 0.3) is 0 Å². The highest BCUT2D eigenvalue weighted by Crippen LogP contribution is 2.21. The molecule has 1 amide bonds. The number of nitrogens with one attached hydrogen (secondary N) is 1. The average molecular weight is 396 g/mol. The van der Waals surface area contributed by atoms with Crippen molar-refractivity contribution in [3.05, 3.63) is 84.4 Å². The zero-order valence-corrected chi connectivity index (χ0v) is 16.3. The zero-order valence-electron chi connectivity index (χ0n) is 15.5. The molecule has 0 unspecified atom stereocenters. The summed E-state index contributed by atoms with van der Waals surface area (Å²) in [6.45, 7) is 0. The summed E-state index contributed by atoms with van der Waals surface area (Å²) in [6.07, 6.45) is 0. The van der Waals surface area contributed by atoms with E-state index >= 15 is 0 Å². The summed E-state index contributed by atoms with van der Waals surface area (Å²) in [5.41, 5.74) is 1.43. The first-order chi connectivity index (χ1) is 13.4. The van der Waals surface area contributed by atoms with Crippen LogP contribution in [0.15, 0.2) is 83.8 Å². The minimum absolute atomic E-state index is 0.103. The predicted molar refractivity (Wildman–Crippen MR) is 109 cm³/mol. The Balaban J connectivity index is 1.81. The summed E-state index contributed by atoms with van der Waals surface area (Å²) in [6, 6.07) is 21.7. The van der Waals surface area contributed by atoms with Crippen molar-refractivity contribution >= 4 is 27.3 Å². The van der Waals surface area contributed by atoms with Crippen LogP contribution in [0, 0.1) is 0 Å². The van der Waals surface area contributed by atoms with Gasteiger partial charge in [-0.25, -0.2) is 8.42 Å². The number of amides is 1. The van der Waals surface area contributed by atoms with E-state index in [1.54, 1.807) is 37.4 Å². The van der Waals surface area contributed by atoms with Gasteiger partial charge in [0.25, 0.3) is 15.9 Å². The van der Waals surface area contributed by atoms with Gasteiger partial charge in [-0.3, -0.25) is 9.52 Å². The Labute approximate surface area is 164 Å². The van der Waals surface area contributed by atoms with E-state index in [9.17, 15) is 13.2 Å². The van der Waals surface area contributed by atoms with Crippen molar-refractivity contribution in [3.63, 3.8) is 0 Å². The standard InChI is InChI=1S/C21H20N2O4S/c1-23(18-9-4-3-5-10-18)21(24)16-7-6-8-17(15-16)22-28(25,26)20-13-11-19(27-2)12-14-20/h3-15,22H,1-2H3. The fourth-order valence-electron chi connectivity index (χ4n) is 2.65. The summed E-state index contributed by atoms with van der Waals surface area (Å²) in [7, 11) is -0.601. The average Bonchev–Trinajstić information content (AvgIpc) is 2.73. The van der Waals surface area contributed by atoms with Crippen molar-refractivity contribution in [1.82, 2.24) is 0 Å². The van der Waals surface area contributed by atoms with Crippen molar-refractivity contribution in [3.8, 4) is 5.75 Å². The molecule has 3 aromatic rings. The summed E-state index contributed by atoms with van der Waals surface area (Å²) < 4.78 is 32.7. The number of rotatable bonds is 6. The van der Waals surface area contributed by atoms with Crippen LogP contribution in [-0.2, 0) is 10.0 Å². The van der Waals surface area contributed by atoms with Gasteiger partial charge >= 0.3 is 0 Å². The molecule has 0 spiro atoms. The molecule has 0 aliphatic rings. The van der Waals surface area contributed by atoms with Crippen molar-refractivity contribution < 1.29 is 17.9 Å². The van der Waals surface area contributed by atoms with Crippen LogP contribution in [-0.4, -0.2) is 28.5 Å². The van der Waals surface area contributed by atoms with E-state index in [2.05, 4.69) is 4.72 Å². The Morgan fingerprint density at radius 1 is 0.929 bits per heavy atom. The van der Waals surface area contributed by atoms with Gasteiger partial charge in [0, 0.05) is 24.0 Å². The molecule has 0 aromatic heterocycles. The normalized spacial score (nSPS) is 10.9. The highest BCUT2D eigenvalue weighted by molar-refractivity contribution is 7.92. The van der Waals surface area contributed by atoms with Crippen LogP contribution < -0.4 is 14.4 Å². The smallest absolute Gasteiger partial charge is 0.261 e. The maximum atomic E-state index is 12.7. The second-order valence-corrected chi connectivity index (χ2v) is 7.74. The van der Waals surface area contributed by atoms with Gasteiger partial charge in [0.05, 0.1) is 12.0 Å². The second-order valence-electron chi connectivity index (χ2n) is 6.06. The number of para-hydroxylation sites is 1. The molecule has 0 bridgehead atoms. The number of nitrogens with zero attached hydrogens (tertiary/aromatic N) is 1. The van der Waals surface area contributed by atoms with E-state index in [1.807, 2.05) is 30.3 Å². The largest absolute Gasteiger partial charge is 0.497 e. The third-order valence-electron chi connectivity index (χ3n) is 4.18. The molecule has 7 heteroatoms. The van der Waals surface area contributed by atoms with Crippen molar-refractivity contribution in [1.29, 1.82) is 0 Å². The topological polar surface area (TPSA) is 75.7 Å². The third kappa shape index (κ3) is 4.32. The van der Waals surface area contributed by atoms with Crippen LogP contribution >= 0.6 is 0 Å². The first-order valence-electron chi connectivity index (χ1n) is 8.51. The summed E-state index contributed by atoms with van der Waals surface area (Å²) in [5, 5.41) is 0. The number of hydrogen-bond acceptors (Lipinski definition) is 4. The van der Waals surface area contributed by atoms with Gasteiger partial charge in [-0.1, -0.05) is 24.3 Å². The van der Waals surface area contributed by atoms with Gasteiger partial charge < -0.3 is 9.64 Å². The van der Waals surface area contributed by atoms with Crippen LogP contribution in [0.2, 0.25) is 0 Å². The number of methoxy groups -OCH3 is 1. The Bertz CT molecular complexity index is 1070. The van der Waals surface area contributed by atoms with Gasteiger partial charge in [-0.05, 0) is 54.6 Å². The lowest BCUT2D eigenvalue weighted by atomic mass is 10.1. The summed E-state index contributed by atoms with van der Waals surface area (Å²) in [4.78, 5) is 14.4. The van der Waals surface area contributed by atoms with Crippen LogP contribution in [0.4, 0.5) is 11.4 Å². The van der Waals surface area contributed by atoms with Crippen molar-refractivity contribution in [2.24, 2.45) is 0 Å². The predicted octanol–water partition coefficient (Wildman–Crippen LogP) is 3.77. The molecule has 6 nitrogen and oxygen atoms in total. The molecule has 0 saturated carbocycles. The molecule has 0 saturated heterocycles. The van der Waals surface area contributed by atoms with Gasteiger partial charge in [0.15, 0.2) is 0 Å². The maximum absolute atomic E-state index is 12.7. The Morgan fingerprint density at radius 2 is 1.61 bits per heavy atom. The van der Waals surface area contributed by atoms with Crippen molar-refractivity contribution in [2.45, 2.75) is 4.90 Å². The lowest BCUT2D eigenvalue weighted by Crippen LogP contribution is -2.26. The molecule has 0 aliphatic carbocycles. The Hall–Kier alpha value is -3.32. The molecule has 0 heterocycles. The molecular weight excluding hydrogens is 376 g/mol. The zero-order chi connectivity index (χ0) is 20.1. The fourth-order valence-corrected chi connectivity index (χ4v) is 3.70. The molecule has 3 aromatic carbocycles. The van der Waals surface area contributed by atoms with Crippen molar-refractivity contribution in [2.75, 3.05) is 23.8 Å². The highest BCUT2D eigenvalue weighted by Gasteiger charge is 2.17. The first kappa shape index (κ1) is 19.4. The van der Waals surface area contributed by atoms with E-state index in [4.69, 9.17) is 4.74 Å². The number of benzene rings is 3. The molecular formula is C21H20N2O4S. The fraction of sp³-hybridized carbons (Fsp3) is 0.0952. The molecule has 0 radical (unpaired) electrons. The number of carbonyl (C=O) groups is 1. The van der Waals surface area contributed by atoms with Crippen LogP contribution in [0.3, 0.4) is 0 Å². The summed E-state index contributed by atoms with van der Waals surface area (Å²) >= 11 is 0. The quantitative estimate of drug-likeness (QED) is 0.688. The van der Waals surface area contributed by atoms with E-state index in [0.717, 1.165) is 5.69 Å². The lowest BCUT2D eigenvalue weighted by molar-refractivity contribution is 0.0993. The Kier molecular flexibility index (Phi) is 5.65. The van der Waals surface area contributed by atoms with Crippen LogP contribution in [0.1, 0.15) is 10.4 Å². The summed E-state index contributed by atoms with van der Waals surface area (Å²) in [5.74, 6) is 0.326. The van der Waals surface area contributed by atoms with Gasteiger partial charge in [0.1, 0.15) is 5.75 Å².